The molecule has 0 spiro atoms. The van der Waals surface area contributed by atoms with Crippen molar-refractivity contribution in [1.29, 1.82) is 0 Å². The van der Waals surface area contributed by atoms with Crippen LogP contribution in [0.15, 0.2) is 67.3 Å². The van der Waals surface area contributed by atoms with E-state index in [0.717, 1.165) is 16.8 Å². The van der Waals surface area contributed by atoms with Crippen LogP contribution in [0.25, 0.3) is 11.8 Å². The van der Waals surface area contributed by atoms with Crippen molar-refractivity contribution in [3.8, 4) is 17.2 Å². The lowest BCUT2D eigenvalue weighted by atomic mass is 10.2. The molecule has 0 saturated heterocycles. The molecule has 0 saturated carbocycles. The van der Waals surface area contributed by atoms with Crippen molar-refractivity contribution in [3.63, 3.8) is 0 Å². The van der Waals surface area contributed by atoms with Crippen molar-refractivity contribution in [2.45, 2.75) is 6.54 Å². The quantitative estimate of drug-likeness (QED) is 0.655. The molecule has 3 rings (SSSR count). The van der Waals surface area contributed by atoms with E-state index in [9.17, 15) is 4.79 Å². The molecule has 0 atom stereocenters. The Morgan fingerprint density at radius 1 is 1.11 bits per heavy atom. The molecule has 0 aliphatic heterocycles. The number of imidazole rings is 1. The van der Waals surface area contributed by atoms with E-state index in [1.165, 1.54) is 6.08 Å². The summed E-state index contributed by atoms with van der Waals surface area (Å²) < 4.78 is 12.4. The van der Waals surface area contributed by atoms with E-state index in [1.807, 2.05) is 47.2 Å². The third-order valence-corrected chi connectivity index (χ3v) is 4.04. The Morgan fingerprint density at radius 3 is 2.56 bits per heavy atom. The molecule has 0 unspecified atom stereocenters. The second-order valence-corrected chi connectivity index (χ2v) is 5.80. The average Bonchev–Trinajstić information content (AvgIpc) is 3.25. The van der Waals surface area contributed by atoms with Crippen LogP contribution in [0.3, 0.4) is 0 Å². The fraction of sp³-hybridized carbons (Fsp3) is 0.143. The van der Waals surface area contributed by atoms with Gasteiger partial charge in [-0.05, 0) is 41.5 Å². The van der Waals surface area contributed by atoms with Crippen LogP contribution >= 0.6 is 0 Å². The van der Waals surface area contributed by atoms with Crippen LogP contribution in [0.5, 0.6) is 11.5 Å². The number of rotatable bonds is 7. The fourth-order valence-corrected chi connectivity index (χ4v) is 2.57. The standard InChI is InChI=1S/C21H21N3O3/c1-26-19-9-5-16(13-20(19)27-2)6-10-21(25)23-14-17-3-7-18(8-4-17)24-12-11-22-15-24/h3-13,15H,14H2,1-2H3,(H,23,25)/b10-6+. The van der Waals surface area contributed by atoms with Gasteiger partial charge in [0.05, 0.1) is 20.5 Å². The zero-order valence-electron chi connectivity index (χ0n) is 15.3. The van der Waals surface area contributed by atoms with E-state index in [1.54, 1.807) is 38.9 Å². The van der Waals surface area contributed by atoms with E-state index < -0.39 is 0 Å². The van der Waals surface area contributed by atoms with Crippen LogP contribution in [0.2, 0.25) is 0 Å². The minimum atomic E-state index is -0.163. The van der Waals surface area contributed by atoms with Crippen molar-refractivity contribution in [3.05, 3.63) is 78.4 Å². The minimum absolute atomic E-state index is 0.163. The summed E-state index contributed by atoms with van der Waals surface area (Å²) in [6.45, 7) is 0.458. The third kappa shape index (κ3) is 4.76. The van der Waals surface area contributed by atoms with E-state index >= 15 is 0 Å². The molecule has 0 aliphatic carbocycles. The molecule has 6 heteroatoms. The Kier molecular flexibility index (Phi) is 5.89. The number of ether oxygens (including phenoxy) is 2. The van der Waals surface area contributed by atoms with Gasteiger partial charge in [0, 0.05) is 30.7 Å². The number of nitrogens with one attached hydrogen (secondary N) is 1. The van der Waals surface area contributed by atoms with Crippen molar-refractivity contribution >= 4 is 12.0 Å². The molecule has 138 valence electrons. The van der Waals surface area contributed by atoms with Crippen LogP contribution < -0.4 is 14.8 Å². The Morgan fingerprint density at radius 2 is 1.89 bits per heavy atom. The Hall–Kier alpha value is -3.54. The first kappa shape index (κ1) is 18.3. The SMILES string of the molecule is COc1ccc(/C=C/C(=O)NCc2ccc(-n3ccnc3)cc2)cc1OC. The van der Waals surface area contributed by atoms with E-state index in [4.69, 9.17) is 9.47 Å². The van der Waals surface area contributed by atoms with Crippen LogP contribution in [0.4, 0.5) is 0 Å². The topological polar surface area (TPSA) is 65.4 Å². The molecule has 6 nitrogen and oxygen atoms in total. The third-order valence-electron chi connectivity index (χ3n) is 4.04. The van der Waals surface area contributed by atoms with Gasteiger partial charge in [0.15, 0.2) is 11.5 Å². The molecular formula is C21H21N3O3. The van der Waals surface area contributed by atoms with Gasteiger partial charge in [0.2, 0.25) is 5.91 Å². The maximum atomic E-state index is 12.1. The van der Waals surface area contributed by atoms with Gasteiger partial charge in [0.25, 0.3) is 0 Å². The van der Waals surface area contributed by atoms with Crippen molar-refractivity contribution in [1.82, 2.24) is 14.9 Å². The highest BCUT2D eigenvalue weighted by Crippen LogP contribution is 2.27. The number of amides is 1. The summed E-state index contributed by atoms with van der Waals surface area (Å²) in [4.78, 5) is 16.1. The Bertz CT molecular complexity index is 916. The van der Waals surface area contributed by atoms with Gasteiger partial charge < -0.3 is 19.4 Å². The lowest BCUT2D eigenvalue weighted by Crippen LogP contribution is -2.20. The molecule has 0 radical (unpaired) electrons. The molecule has 3 aromatic rings. The first-order valence-corrected chi connectivity index (χ1v) is 8.45. The van der Waals surface area contributed by atoms with Gasteiger partial charge >= 0.3 is 0 Å². The predicted octanol–water partition coefficient (Wildman–Crippen LogP) is 3.22. The Balaban J connectivity index is 1.55. The largest absolute Gasteiger partial charge is 0.493 e. The normalized spacial score (nSPS) is 10.7. The average molecular weight is 363 g/mol. The minimum Gasteiger partial charge on any atom is -0.493 e. The fourth-order valence-electron chi connectivity index (χ4n) is 2.57. The van der Waals surface area contributed by atoms with Crippen molar-refractivity contribution < 1.29 is 14.3 Å². The van der Waals surface area contributed by atoms with Gasteiger partial charge in [0.1, 0.15) is 0 Å². The van der Waals surface area contributed by atoms with Crippen LogP contribution in [0, 0.1) is 0 Å². The number of carbonyl (C=O) groups excluding carboxylic acids is 1. The zero-order valence-corrected chi connectivity index (χ0v) is 15.3. The molecule has 1 N–H and O–H groups in total. The molecule has 0 bridgehead atoms. The second kappa shape index (κ2) is 8.71. The van der Waals surface area contributed by atoms with Gasteiger partial charge in [-0.15, -0.1) is 0 Å². The van der Waals surface area contributed by atoms with Gasteiger partial charge in [-0.3, -0.25) is 4.79 Å². The molecule has 27 heavy (non-hydrogen) atoms. The molecule has 0 aliphatic rings. The molecule has 1 aromatic heterocycles. The van der Waals surface area contributed by atoms with Crippen molar-refractivity contribution in [2.24, 2.45) is 0 Å². The van der Waals surface area contributed by atoms with Crippen LogP contribution in [0.1, 0.15) is 11.1 Å². The van der Waals surface area contributed by atoms with E-state index in [-0.39, 0.29) is 5.91 Å². The summed E-state index contributed by atoms with van der Waals surface area (Å²) >= 11 is 0. The number of hydrogen-bond acceptors (Lipinski definition) is 4. The van der Waals surface area contributed by atoms with Crippen molar-refractivity contribution in [2.75, 3.05) is 14.2 Å². The summed E-state index contributed by atoms with van der Waals surface area (Å²) in [5, 5.41) is 2.87. The van der Waals surface area contributed by atoms with Gasteiger partial charge in [-0.1, -0.05) is 18.2 Å². The monoisotopic (exact) mass is 363 g/mol. The first-order chi connectivity index (χ1) is 13.2. The lowest BCUT2D eigenvalue weighted by molar-refractivity contribution is -0.116. The molecule has 2 aromatic carbocycles. The first-order valence-electron chi connectivity index (χ1n) is 8.45. The summed E-state index contributed by atoms with van der Waals surface area (Å²) in [6.07, 6.45) is 8.60. The summed E-state index contributed by atoms with van der Waals surface area (Å²) in [5.41, 5.74) is 2.90. The molecule has 1 heterocycles. The summed E-state index contributed by atoms with van der Waals surface area (Å²) in [6, 6.07) is 13.4. The van der Waals surface area contributed by atoms with Gasteiger partial charge in [-0.25, -0.2) is 4.98 Å². The number of aromatic nitrogens is 2. The highest BCUT2D eigenvalue weighted by atomic mass is 16.5. The van der Waals surface area contributed by atoms with Gasteiger partial charge in [-0.2, -0.15) is 0 Å². The predicted molar refractivity (Wildman–Crippen MR) is 104 cm³/mol. The molecular weight excluding hydrogens is 342 g/mol. The Labute approximate surface area is 158 Å². The highest BCUT2D eigenvalue weighted by Gasteiger charge is 2.03. The number of nitrogens with zero attached hydrogens (tertiary/aromatic N) is 2. The summed E-state index contributed by atoms with van der Waals surface area (Å²) in [5.74, 6) is 1.11. The van der Waals surface area contributed by atoms with Crippen LogP contribution in [-0.2, 0) is 11.3 Å². The smallest absolute Gasteiger partial charge is 0.244 e. The highest BCUT2D eigenvalue weighted by molar-refractivity contribution is 5.91. The number of methoxy groups -OCH3 is 2. The van der Waals surface area contributed by atoms with E-state index in [0.29, 0.717) is 18.0 Å². The van der Waals surface area contributed by atoms with E-state index in [2.05, 4.69) is 10.3 Å². The maximum Gasteiger partial charge on any atom is 0.244 e. The second-order valence-electron chi connectivity index (χ2n) is 5.80. The lowest BCUT2D eigenvalue weighted by Gasteiger charge is -2.07. The zero-order chi connectivity index (χ0) is 19.1. The number of carbonyl (C=O) groups is 1. The molecule has 1 amide bonds. The number of benzene rings is 2. The summed E-state index contributed by atoms with van der Waals surface area (Å²) in [7, 11) is 3.17. The van der Waals surface area contributed by atoms with Crippen LogP contribution in [-0.4, -0.2) is 29.7 Å². The number of hydrogen-bond donors (Lipinski definition) is 1. The molecule has 0 fully saturated rings. The maximum absolute atomic E-state index is 12.1.